The van der Waals surface area contributed by atoms with Crippen molar-refractivity contribution < 1.29 is 18.0 Å². The minimum Gasteiger partial charge on any atom is -0.356 e. The van der Waals surface area contributed by atoms with Crippen molar-refractivity contribution in [3.05, 3.63) is 35.4 Å². The van der Waals surface area contributed by atoms with Crippen LogP contribution in [0.5, 0.6) is 0 Å². The van der Waals surface area contributed by atoms with Crippen LogP contribution in [0.3, 0.4) is 0 Å². The van der Waals surface area contributed by atoms with Crippen molar-refractivity contribution in [1.29, 1.82) is 0 Å². The molecule has 1 aliphatic rings. The summed E-state index contributed by atoms with van der Waals surface area (Å²) in [5.41, 5.74) is 0.193. The lowest BCUT2D eigenvalue weighted by atomic mass is 10.1. The van der Waals surface area contributed by atoms with Crippen LogP contribution in [-0.4, -0.2) is 49.5 Å². The van der Waals surface area contributed by atoms with Gasteiger partial charge in [0.25, 0.3) is 0 Å². The molecule has 1 aliphatic heterocycles. The molecule has 2 N–H and O–H groups in total. The van der Waals surface area contributed by atoms with Crippen molar-refractivity contribution in [3.8, 4) is 0 Å². The molecule has 0 saturated carbocycles. The molecule has 156 valence electrons. The molecule has 2 rings (SSSR count). The fraction of sp³-hybridized carbons (Fsp3) is 0.600. The Labute approximate surface area is 164 Å². The summed E-state index contributed by atoms with van der Waals surface area (Å²) in [5.74, 6) is 0.889. The summed E-state index contributed by atoms with van der Waals surface area (Å²) in [6, 6.07) is 5.45. The van der Waals surface area contributed by atoms with Crippen LogP contribution in [0.2, 0.25) is 0 Å². The first-order valence-corrected chi connectivity index (χ1v) is 9.75. The Morgan fingerprint density at radius 1 is 1.21 bits per heavy atom. The molecule has 1 unspecified atom stereocenters. The molecule has 0 radical (unpaired) electrons. The summed E-state index contributed by atoms with van der Waals surface area (Å²) in [7, 11) is 1.68. The lowest BCUT2D eigenvalue weighted by Crippen LogP contribution is -2.42. The Balaban J connectivity index is 1.72. The van der Waals surface area contributed by atoms with Gasteiger partial charge < -0.3 is 15.5 Å². The molecule has 5 nitrogen and oxygen atoms in total. The Hall–Kier alpha value is -2.25. The van der Waals surface area contributed by atoms with Crippen LogP contribution in [-0.2, 0) is 17.4 Å². The summed E-state index contributed by atoms with van der Waals surface area (Å²) in [6.07, 6.45) is -0.347. The number of hydrogen-bond acceptors (Lipinski definition) is 2. The SMILES string of the molecule is CCC(CCNC(=NC)NCCc1ccc(C(F)(F)F)cc1)N1CCCC1=O. The molecule has 1 saturated heterocycles. The monoisotopic (exact) mass is 398 g/mol. The summed E-state index contributed by atoms with van der Waals surface area (Å²) >= 11 is 0. The zero-order valence-corrected chi connectivity index (χ0v) is 16.5. The van der Waals surface area contributed by atoms with Gasteiger partial charge in [-0.15, -0.1) is 0 Å². The maximum absolute atomic E-state index is 12.6. The molecule has 0 aliphatic carbocycles. The highest BCUT2D eigenvalue weighted by Crippen LogP contribution is 2.29. The Bertz CT molecular complexity index is 658. The number of aliphatic imine (C=N–C) groups is 1. The second kappa shape index (κ2) is 10.3. The number of nitrogens with one attached hydrogen (secondary N) is 2. The summed E-state index contributed by atoms with van der Waals surface area (Å²) in [6.45, 7) is 4.19. The van der Waals surface area contributed by atoms with E-state index in [2.05, 4.69) is 22.5 Å². The van der Waals surface area contributed by atoms with Gasteiger partial charge in [0, 0.05) is 39.1 Å². The average Bonchev–Trinajstić information content (AvgIpc) is 3.09. The Kier molecular flexibility index (Phi) is 8.14. The smallest absolute Gasteiger partial charge is 0.356 e. The van der Waals surface area contributed by atoms with E-state index >= 15 is 0 Å². The van der Waals surface area contributed by atoms with Gasteiger partial charge in [-0.3, -0.25) is 9.79 Å². The number of benzene rings is 1. The van der Waals surface area contributed by atoms with E-state index in [1.165, 1.54) is 12.1 Å². The van der Waals surface area contributed by atoms with Crippen LogP contribution >= 0.6 is 0 Å². The molecular weight excluding hydrogens is 369 g/mol. The zero-order valence-electron chi connectivity index (χ0n) is 16.5. The van der Waals surface area contributed by atoms with E-state index < -0.39 is 11.7 Å². The maximum Gasteiger partial charge on any atom is 0.416 e. The van der Waals surface area contributed by atoms with Crippen LogP contribution in [0.4, 0.5) is 13.2 Å². The molecule has 1 aromatic carbocycles. The van der Waals surface area contributed by atoms with E-state index in [9.17, 15) is 18.0 Å². The third kappa shape index (κ3) is 6.42. The highest BCUT2D eigenvalue weighted by molar-refractivity contribution is 5.79. The summed E-state index contributed by atoms with van der Waals surface area (Å²) in [5, 5.41) is 6.41. The molecule has 1 fully saturated rings. The van der Waals surface area contributed by atoms with Gasteiger partial charge >= 0.3 is 6.18 Å². The van der Waals surface area contributed by atoms with Crippen LogP contribution in [0.25, 0.3) is 0 Å². The fourth-order valence-electron chi connectivity index (χ4n) is 3.40. The van der Waals surface area contributed by atoms with Crippen molar-refractivity contribution in [3.63, 3.8) is 0 Å². The van der Waals surface area contributed by atoms with Crippen molar-refractivity contribution in [2.24, 2.45) is 4.99 Å². The molecule has 1 amide bonds. The van der Waals surface area contributed by atoms with Crippen LogP contribution in [0.15, 0.2) is 29.3 Å². The molecule has 0 bridgehead atoms. The van der Waals surface area contributed by atoms with Gasteiger partial charge in [0.05, 0.1) is 5.56 Å². The maximum atomic E-state index is 12.6. The number of carbonyl (C=O) groups excluding carboxylic acids is 1. The highest BCUT2D eigenvalue weighted by atomic mass is 19.4. The summed E-state index contributed by atoms with van der Waals surface area (Å²) in [4.78, 5) is 18.0. The van der Waals surface area contributed by atoms with Crippen molar-refractivity contribution in [1.82, 2.24) is 15.5 Å². The van der Waals surface area contributed by atoms with Crippen LogP contribution in [0, 0.1) is 0 Å². The van der Waals surface area contributed by atoms with Crippen LogP contribution in [0.1, 0.15) is 43.7 Å². The van der Waals surface area contributed by atoms with E-state index in [0.29, 0.717) is 31.9 Å². The number of rotatable bonds is 8. The van der Waals surface area contributed by atoms with E-state index in [4.69, 9.17) is 0 Å². The number of alkyl halides is 3. The molecular formula is C20H29F3N4O. The number of amides is 1. The third-order valence-corrected chi connectivity index (χ3v) is 5.00. The standard InChI is InChI=1S/C20H29F3N4O/c1-3-17(27-14-4-5-18(27)28)11-13-26-19(24-2)25-12-10-15-6-8-16(9-7-15)20(21,22)23/h6-9,17H,3-5,10-14H2,1-2H3,(H2,24,25,26). The third-order valence-electron chi connectivity index (χ3n) is 5.00. The predicted molar refractivity (Wildman–Crippen MR) is 104 cm³/mol. The van der Waals surface area contributed by atoms with E-state index in [1.54, 1.807) is 7.05 Å². The molecule has 1 aromatic rings. The largest absolute Gasteiger partial charge is 0.416 e. The first-order valence-electron chi connectivity index (χ1n) is 9.75. The van der Waals surface area contributed by atoms with Gasteiger partial charge in [-0.2, -0.15) is 13.2 Å². The number of carbonyl (C=O) groups is 1. The van der Waals surface area contributed by atoms with Crippen LogP contribution < -0.4 is 10.6 Å². The van der Waals surface area contributed by atoms with Crippen molar-refractivity contribution in [2.45, 2.75) is 51.2 Å². The number of halogens is 3. The van der Waals surface area contributed by atoms with Crippen molar-refractivity contribution in [2.75, 3.05) is 26.7 Å². The number of hydrogen-bond donors (Lipinski definition) is 2. The van der Waals surface area contributed by atoms with E-state index in [0.717, 1.165) is 43.5 Å². The second-order valence-electron chi connectivity index (χ2n) is 6.91. The molecule has 0 aromatic heterocycles. The van der Waals surface area contributed by atoms with E-state index in [-0.39, 0.29) is 11.9 Å². The topological polar surface area (TPSA) is 56.7 Å². The highest BCUT2D eigenvalue weighted by Gasteiger charge is 2.30. The van der Waals surface area contributed by atoms with Gasteiger partial charge in [-0.25, -0.2) is 0 Å². The molecule has 1 heterocycles. The molecule has 28 heavy (non-hydrogen) atoms. The lowest BCUT2D eigenvalue weighted by molar-refractivity contribution is -0.137. The van der Waals surface area contributed by atoms with Gasteiger partial charge in [0.2, 0.25) is 5.91 Å². The zero-order chi connectivity index (χ0) is 20.6. The quantitative estimate of drug-likeness (QED) is 0.522. The average molecular weight is 398 g/mol. The number of nitrogens with zero attached hydrogens (tertiary/aromatic N) is 2. The lowest BCUT2D eigenvalue weighted by Gasteiger charge is -2.27. The van der Waals surface area contributed by atoms with Gasteiger partial charge in [-0.05, 0) is 43.4 Å². The van der Waals surface area contributed by atoms with Gasteiger partial charge in [0.1, 0.15) is 0 Å². The summed E-state index contributed by atoms with van der Waals surface area (Å²) < 4.78 is 37.8. The fourth-order valence-corrected chi connectivity index (χ4v) is 3.40. The van der Waals surface area contributed by atoms with Crippen molar-refractivity contribution >= 4 is 11.9 Å². The second-order valence-corrected chi connectivity index (χ2v) is 6.91. The number of guanidine groups is 1. The number of likely N-dealkylation sites (tertiary alicyclic amines) is 1. The van der Waals surface area contributed by atoms with E-state index in [1.807, 2.05) is 4.90 Å². The predicted octanol–water partition coefficient (Wildman–Crippen LogP) is 3.20. The first kappa shape index (κ1) is 22.0. The molecule has 1 atom stereocenters. The Morgan fingerprint density at radius 3 is 2.43 bits per heavy atom. The minimum absolute atomic E-state index is 0.242. The molecule has 8 heteroatoms. The molecule has 0 spiro atoms. The van der Waals surface area contributed by atoms with Gasteiger partial charge in [-0.1, -0.05) is 19.1 Å². The Morgan fingerprint density at radius 2 is 1.89 bits per heavy atom. The minimum atomic E-state index is -4.31. The first-order chi connectivity index (χ1) is 13.3. The normalized spacial score (nSPS) is 16.4. The van der Waals surface area contributed by atoms with Gasteiger partial charge in [0.15, 0.2) is 5.96 Å².